The van der Waals surface area contributed by atoms with Crippen molar-refractivity contribution in [2.24, 2.45) is 0 Å². The molecule has 0 fully saturated rings. The molecule has 0 aliphatic carbocycles. The van der Waals surface area contributed by atoms with E-state index in [1.165, 1.54) is 33.5 Å². The van der Waals surface area contributed by atoms with Gasteiger partial charge in [-0.25, -0.2) is 23.4 Å². The Morgan fingerprint density at radius 1 is 1.03 bits per heavy atom. The Bertz CT molecular complexity index is 1450. The maximum absolute atomic E-state index is 13.5. The highest BCUT2D eigenvalue weighted by Crippen LogP contribution is 2.31. The number of rotatable bonds is 10. The first-order valence-electron chi connectivity index (χ1n) is 11.1. The van der Waals surface area contributed by atoms with Gasteiger partial charge in [0, 0.05) is 38.0 Å². The van der Waals surface area contributed by atoms with Gasteiger partial charge in [-0.2, -0.15) is 0 Å². The highest BCUT2D eigenvalue weighted by atomic mass is 35.5. The topological polar surface area (TPSA) is 147 Å². The van der Waals surface area contributed by atoms with Crippen LogP contribution in [0.4, 0.5) is 5.95 Å². The van der Waals surface area contributed by atoms with Gasteiger partial charge >= 0.3 is 0 Å². The van der Waals surface area contributed by atoms with E-state index in [9.17, 15) is 8.42 Å². The molecule has 12 nitrogen and oxygen atoms in total. The Hall–Kier alpha value is -3.68. The second-order valence-corrected chi connectivity index (χ2v) is 10.5. The summed E-state index contributed by atoms with van der Waals surface area (Å²) in [7, 11) is -1.19. The maximum atomic E-state index is 13.5. The van der Waals surface area contributed by atoms with Crippen molar-refractivity contribution in [1.29, 1.82) is 0 Å². The van der Waals surface area contributed by atoms with Crippen LogP contribution in [0.1, 0.15) is 37.4 Å². The molecule has 4 heterocycles. The van der Waals surface area contributed by atoms with Crippen LogP contribution in [0.5, 0.6) is 5.88 Å². The lowest BCUT2D eigenvalue weighted by Gasteiger charge is -2.23. The maximum Gasteiger partial charge on any atom is 0.240 e. The Morgan fingerprint density at radius 3 is 2.43 bits per heavy atom. The van der Waals surface area contributed by atoms with E-state index >= 15 is 0 Å². The van der Waals surface area contributed by atoms with Crippen LogP contribution in [0.15, 0.2) is 55.1 Å². The molecular formula is C23H25ClN8O4S. The molecule has 4 aromatic rings. The van der Waals surface area contributed by atoms with E-state index in [0.29, 0.717) is 22.4 Å². The number of methoxy groups -OCH3 is 2. The summed E-state index contributed by atoms with van der Waals surface area (Å²) >= 11 is 5.87. The van der Waals surface area contributed by atoms with Gasteiger partial charge in [0.05, 0.1) is 18.2 Å². The van der Waals surface area contributed by atoms with Crippen molar-refractivity contribution in [3.05, 3.63) is 71.5 Å². The molecule has 37 heavy (non-hydrogen) atoms. The summed E-state index contributed by atoms with van der Waals surface area (Å²) < 4.78 is 41.9. The number of nitrogens with zero attached hydrogens (tertiary/aromatic N) is 7. The lowest BCUT2D eigenvalue weighted by Crippen LogP contribution is -2.33. The fraction of sp³-hybridized carbons (Fsp3) is 0.304. The molecule has 0 amide bonds. The van der Waals surface area contributed by atoms with Gasteiger partial charge in [-0.1, -0.05) is 23.7 Å². The fourth-order valence-corrected chi connectivity index (χ4v) is 4.92. The molecule has 0 aliphatic heterocycles. The monoisotopic (exact) mass is 544 g/mol. The first-order valence-corrected chi connectivity index (χ1v) is 13.1. The van der Waals surface area contributed by atoms with Gasteiger partial charge in [0.25, 0.3) is 0 Å². The molecule has 0 spiro atoms. The van der Waals surface area contributed by atoms with Crippen molar-refractivity contribution < 1.29 is 17.9 Å². The summed E-state index contributed by atoms with van der Waals surface area (Å²) in [5.41, 5.74) is 1.26. The van der Waals surface area contributed by atoms with E-state index in [4.69, 9.17) is 21.1 Å². The van der Waals surface area contributed by atoms with Gasteiger partial charge < -0.3 is 9.47 Å². The summed E-state index contributed by atoms with van der Waals surface area (Å²) in [6.07, 6.45) is 5.13. The third-order valence-electron chi connectivity index (χ3n) is 5.71. The van der Waals surface area contributed by atoms with Crippen LogP contribution in [0, 0.1) is 0 Å². The fourth-order valence-electron chi connectivity index (χ4n) is 3.69. The standard InChI is InChI=1S/C23H25ClN8O4S/c1-14(16-7-6-10-25-11-16)32-22(18-8-5-9-19(28-18)35-3)29-30-23(32)31-37(33,34)15(2)20(36-4)21-26-12-17(24)13-27-21/h5-15,20H,1-4H3,(H,30,31)/t14-,15+,20+/m1/s1. The van der Waals surface area contributed by atoms with E-state index in [2.05, 4.69) is 34.9 Å². The molecule has 0 saturated heterocycles. The molecule has 0 radical (unpaired) electrons. The molecule has 0 aromatic carbocycles. The minimum Gasteiger partial charge on any atom is -0.481 e. The molecule has 4 aromatic heterocycles. The van der Waals surface area contributed by atoms with Crippen molar-refractivity contribution in [3.8, 4) is 17.4 Å². The Balaban J connectivity index is 1.75. The van der Waals surface area contributed by atoms with E-state index in [1.807, 2.05) is 13.0 Å². The van der Waals surface area contributed by atoms with Crippen LogP contribution >= 0.6 is 11.6 Å². The van der Waals surface area contributed by atoms with Gasteiger partial charge in [0.15, 0.2) is 11.6 Å². The Kier molecular flexibility index (Phi) is 7.95. The van der Waals surface area contributed by atoms with Crippen LogP contribution < -0.4 is 9.46 Å². The zero-order chi connectivity index (χ0) is 26.6. The number of anilines is 1. The molecule has 3 atom stereocenters. The smallest absolute Gasteiger partial charge is 0.240 e. The lowest BCUT2D eigenvalue weighted by molar-refractivity contribution is 0.0950. The van der Waals surface area contributed by atoms with Crippen molar-refractivity contribution in [2.75, 3.05) is 18.9 Å². The molecule has 4 rings (SSSR count). The number of hydrogen-bond donors (Lipinski definition) is 1. The van der Waals surface area contributed by atoms with Crippen molar-refractivity contribution in [1.82, 2.24) is 34.7 Å². The first-order chi connectivity index (χ1) is 17.7. The normalized spacial score (nSPS) is 14.1. The van der Waals surface area contributed by atoms with Crippen LogP contribution in [-0.4, -0.2) is 62.6 Å². The average Bonchev–Trinajstić information content (AvgIpc) is 3.32. The predicted octanol–water partition coefficient (Wildman–Crippen LogP) is 3.31. The number of pyridine rings is 2. The Morgan fingerprint density at radius 2 is 1.78 bits per heavy atom. The average molecular weight is 545 g/mol. The van der Waals surface area contributed by atoms with Gasteiger partial charge in [-0.3, -0.25) is 14.3 Å². The highest BCUT2D eigenvalue weighted by molar-refractivity contribution is 7.93. The van der Waals surface area contributed by atoms with E-state index in [0.717, 1.165) is 5.56 Å². The third kappa shape index (κ3) is 5.68. The summed E-state index contributed by atoms with van der Waals surface area (Å²) in [5, 5.41) is 7.65. The molecule has 0 aliphatic rings. The molecule has 0 saturated carbocycles. The minimum atomic E-state index is -4.07. The molecule has 14 heteroatoms. The third-order valence-corrected chi connectivity index (χ3v) is 7.60. The zero-order valence-electron chi connectivity index (χ0n) is 20.5. The molecule has 0 bridgehead atoms. The largest absolute Gasteiger partial charge is 0.481 e. The number of hydrogen-bond acceptors (Lipinski definition) is 10. The minimum absolute atomic E-state index is 0.00491. The number of nitrogens with one attached hydrogen (secondary N) is 1. The predicted molar refractivity (Wildman–Crippen MR) is 137 cm³/mol. The van der Waals surface area contributed by atoms with Crippen LogP contribution in [0.25, 0.3) is 11.5 Å². The Labute approximate surface area is 219 Å². The van der Waals surface area contributed by atoms with Crippen LogP contribution in [-0.2, 0) is 14.8 Å². The van der Waals surface area contributed by atoms with Crippen LogP contribution in [0.3, 0.4) is 0 Å². The number of halogens is 1. The quantitative estimate of drug-likeness (QED) is 0.315. The van der Waals surface area contributed by atoms with Gasteiger partial charge in [-0.15, -0.1) is 10.2 Å². The van der Waals surface area contributed by atoms with E-state index < -0.39 is 27.4 Å². The number of ether oxygens (including phenoxy) is 2. The van der Waals surface area contributed by atoms with Gasteiger partial charge in [-0.05, 0) is 31.5 Å². The van der Waals surface area contributed by atoms with Crippen LogP contribution in [0.2, 0.25) is 5.02 Å². The summed E-state index contributed by atoms with van der Waals surface area (Å²) in [5.74, 6) is 0.888. The SMILES string of the molecule is COc1cccc(-c2nnc(NS(=O)(=O)[C@@H](C)[C@H](OC)c3ncc(Cl)cn3)n2[C@H](C)c2cccnc2)n1. The molecule has 0 unspecified atom stereocenters. The molecular weight excluding hydrogens is 520 g/mol. The highest BCUT2D eigenvalue weighted by Gasteiger charge is 2.35. The van der Waals surface area contributed by atoms with Crippen molar-refractivity contribution in [2.45, 2.75) is 31.2 Å². The van der Waals surface area contributed by atoms with E-state index in [1.54, 1.807) is 41.2 Å². The van der Waals surface area contributed by atoms with E-state index in [-0.39, 0.29) is 11.8 Å². The first kappa shape index (κ1) is 26.4. The zero-order valence-corrected chi connectivity index (χ0v) is 22.1. The lowest BCUT2D eigenvalue weighted by atomic mass is 10.1. The van der Waals surface area contributed by atoms with Crippen molar-refractivity contribution in [3.63, 3.8) is 0 Å². The summed E-state index contributed by atoms with van der Waals surface area (Å²) in [6.45, 7) is 3.37. The van der Waals surface area contributed by atoms with Gasteiger partial charge in [0.1, 0.15) is 17.0 Å². The summed E-state index contributed by atoms with van der Waals surface area (Å²) in [6, 6.07) is 8.46. The molecule has 194 valence electrons. The second-order valence-electron chi connectivity index (χ2n) is 8.01. The second kappa shape index (κ2) is 11.2. The number of sulfonamides is 1. The summed E-state index contributed by atoms with van der Waals surface area (Å²) in [4.78, 5) is 16.9. The number of aromatic nitrogens is 7. The van der Waals surface area contributed by atoms with Crippen molar-refractivity contribution >= 4 is 27.6 Å². The molecule has 1 N–H and O–H groups in total. The van der Waals surface area contributed by atoms with Gasteiger partial charge in [0.2, 0.25) is 21.9 Å².